The molecule has 17 heavy (non-hydrogen) atoms. The molecule has 2 amide bonds. The Morgan fingerprint density at radius 1 is 1.59 bits per heavy atom. The molecule has 1 aromatic rings. The van der Waals surface area contributed by atoms with Gasteiger partial charge >= 0.3 is 0 Å². The summed E-state index contributed by atoms with van der Waals surface area (Å²) >= 11 is 0. The number of piperidine rings is 1. The number of hydrogen-bond donors (Lipinski definition) is 0. The Kier molecular flexibility index (Phi) is 3.46. The first-order valence-electron chi connectivity index (χ1n) is 5.75. The SMILES string of the molecule is CC1CCN(C(=O)Cc2ccncn2)C(=O)C1. The highest BCUT2D eigenvalue weighted by atomic mass is 16.2. The second-order valence-electron chi connectivity index (χ2n) is 4.41. The van der Waals surface area contributed by atoms with Crippen LogP contribution in [0.3, 0.4) is 0 Å². The highest BCUT2D eigenvalue weighted by Gasteiger charge is 2.27. The Hall–Kier alpha value is -1.78. The lowest BCUT2D eigenvalue weighted by Gasteiger charge is -2.28. The molecule has 0 aromatic carbocycles. The molecule has 1 aliphatic heterocycles. The van der Waals surface area contributed by atoms with Gasteiger partial charge in [0.05, 0.1) is 12.1 Å². The summed E-state index contributed by atoms with van der Waals surface area (Å²) < 4.78 is 0. The number of aromatic nitrogens is 2. The maximum Gasteiger partial charge on any atom is 0.235 e. The first-order valence-corrected chi connectivity index (χ1v) is 5.75. The normalized spacial score (nSPS) is 20.4. The minimum absolute atomic E-state index is 0.0668. The standard InChI is InChI=1S/C12H15N3O2/c1-9-3-5-15(11(16)6-9)12(17)7-10-2-4-13-8-14-10/h2,4,8-9H,3,5-7H2,1H3. The lowest BCUT2D eigenvalue weighted by Crippen LogP contribution is -2.43. The zero-order chi connectivity index (χ0) is 12.3. The van der Waals surface area contributed by atoms with Crippen molar-refractivity contribution in [1.82, 2.24) is 14.9 Å². The summed E-state index contributed by atoms with van der Waals surface area (Å²) in [5.74, 6) is 0.147. The summed E-state index contributed by atoms with van der Waals surface area (Å²) in [5.41, 5.74) is 0.649. The van der Waals surface area contributed by atoms with E-state index < -0.39 is 0 Å². The summed E-state index contributed by atoms with van der Waals surface area (Å²) in [6.07, 6.45) is 4.53. The summed E-state index contributed by atoms with van der Waals surface area (Å²) in [5, 5.41) is 0. The summed E-state index contributed by atoms with van der Waals surface area (Å²) in [6.45, 7) is 2.56. The Morgan fingerprint density at radius 3 is 3.06 bits per heavy atom. The molecular formula is C12H15N3O2. The first kappa shape index (κ1) is 11.7. The molecule has 5 nitrogen and oxygen atoms in total. The molecule has 1 saturated heterocycles. The molecule has 0 spiro atoms. The van der Waals surface area contributed by atoms with E-state index in [0.717, 1.165) is 6.42 Å². The van der Waals surface area contributed by atoms with E-state index in [4.69, 9.17) is 0 Å². The molecule has 90 valence electrons. The fourth-order valence-electron chi connectivity index (χ4n) is 1.92. The van der Waals surface area contributed by atoms with E-state index in [-0.39, 0.29) is 18.2 Å². The number of nitrogens with zero attached hydrogens (tertiary/aromatic N) is 3. The van der Waals surface area contributed by atoms with Crippen LogP contribution in [0.25, 0.3) is 0 Å². The molecule has 1 aromatic heterocycles. The third kappa shape index (κ3) is 2.87. The molecule has 0 N–H and O–H groups in total. The van der Waals surface area contributed by atoms with E-state index in [1.54, 1.807) is 12.3 Å². The second-order valence-corrected chi connectivity index (χ2v) is 4.41. The molecule has 0 bridgehead atoms. The van der Waals surface area contributed by atoms with Gasteiger partial charge in [-0.15, -0.1) is 0 Å². The van der Waals surface area contributed by atoms with Gasteiger partial charge in [0.1, 0.15) is 6.33 Å². The number of hydrogen-bond acceptors (Lipinski definition) is 4. The molecular weight excluding hydrogens is 218 g/mol. The number of carbonyl (C=O) groups excluding carboxylic acids is 2. The van der Waals surface area contributed by atoms with Gasteiger partial charge < -0.3 is 0 Å². The minimum Gasteiger partial charge on any atom is -0.282 e. The topological polar surface area (TPSA) is 63.2 Å². The summed E-state index contributed by atoms with van der Waals surface area (Å²) in [7, 11) is 0. The third-order valence-electron chi connectivity index (χ3n) is 2.95. The van der Waals surface area contributed by atoms with E-state index >= 15 is 0 Å². The molecule has 0 radical (unpaired) electrons. The number of carbonyl (C=O) groups is 2. The molecule has 0 saturated carbocycles. The van der Waals surface area contributed by atoms with Gasteiger partial charge in [-0.25, -0.2) is 9.97 Å². The van der Waals surface area contributed by atoms with Gasteiger partial charge in [0.15, 0.2) is 0 Å². The molecule has 1 atom stereocenters. The highest BCUT2D eigenvalue weighted by Crippen LogP contribution is 2.18. The smallest absolute Gasteiger partial charge is 0.235 e. The zero-order valence-corrected chi connectivity index (χ0v) is 9.80. The van der Waals surface area contributed by atoms with Crippen LogP contribution in [0.4, 0.5) is 0 Å². The van der Waals surface area contributed by atoms with E-state index in [1.165, 1.54) is 11.2 Å². The molecule has 1 fully saturated rings. The lowest BCUT2D eigenvalue weighted by atomic mass is 9.98. The van der Waals surface area contributed by atoms with Crippen LogP contribution in [0.1, 0.15) is 25.5 Å². The van der Waals surface area contributed by atoms with Crippen molar-refractivity contribution >= 4 is 11.8 Å². The Bertz CT molecular complexity index is 419. The molecule has 1 aliphatic rings. The van der Waals surface area contributed by atoms with Gasteiger partial charge in [-0.2, -0.15) is 0 Å². The van der Waals surface area contributed by atoms with Crippen LogP contribution in [0.2, 0.25) is 0 Å². The Morgan fingerprint density at radius 2 is 2.41 bits per heavy atom. The lowest BCUT2D eigenvalue weighted by molar-refractivity contribution is -0.147. The summed E-state index contributed by atoms with van der Waals surface area (Å²) in [4.78, 5) is 32.8. The largest absolute Gasteiger partial charge is 0.282 e. The minimum atomic E-state index is -0.166. The van der Waals surface area contributed by atoms with E-state index in [2.05, 4.69) is 9.97 Å². The van der Waals surface area contributed by atoms with Crippen molar-refractivity contribution in [2.24, 2.45) is 5.92 Å². The van der Waals surface area contributed by atoms with E-state index in [0.29, 0.717) is 24.6 Å². The van der Waals surface area contributed by atoms with Gasteiger partial charge in [0.2, 0.25) is 11.8 Å². The van der Waals surface area contributed by atoms with Gasteiger partial charge in [0, 0.05) is 19.2 Å². The molecule has 0 aliphatic carbocycles. The maximum absolute atomic E-state index is 11.9. The van der Waals surface area contributed by atoms with Crippen molar-refractivity contribution in [2.75, 3.05) is 6.54 Å². The van der Waals surface area contributed by atoms with Gasteiger partial charge in [-0.1, -0.05) is 6.92 Å². The van der Waals surface area contributed by atoms with Crippen molar-refractivity contribution in [3.05, 3.63) is 24.3 Å². The molecule has 5 heteroatoms. The highest BCUT2D eigenvalue weighted by molar-refractivity contribution is 5.96. The van der Waals surface area contributed by atoms with Gasteiger partial charge in [-0.05, 0) is 18.4 Å². The van der Waals surface area contributed by atoms with Crippen LogP contribution >= 0.6 is 0 Å². The van der Waals surface area contributed by atoms with Crippen LogP contribution in [0.5, 0.6) is 0 Å². The van der Waals surface area contributed by atoms with E-state index in [9.17, 15) is 9.59 Å². The van der Waals surface area contributed by atoms with Crippen molar-refractivity contribution in [1.29, 1.82) is 0 Å². The van der Waals surface area contributed by atoms with Crippen molar-refractivity contribution in [3.63, 3.8) is 0 Å². The van der Waals surface area contributed by atoms with Crippen LogP contribution in [-0.2, 0) is 16.0 Å². The Balaban J connectivity index is 1.99. The van der Waals surface area contributed by atoms with Gasteiger partial charge in [0.25, 0.3) is 0 Å². The predicted molar refractivity (Wildman–Crippen MR) is 60.9 cm³/mol. The van der Waals surface area contributed by atoms with Crippen molar-refractivity contribution in [2.45, 2.75) is 26.2 Å². The van der Waals surface area contributed by atoms with Crippen molar-refractivity contribution in [3.8, 4) is 0 Å². The van der Waals surface area contributed by atoms with Crippen LogP contribution in [-0.4, -0.2) is 33.2 Å². The van der Waals surface area contributed by atoms with Crippen LogP contribution < -0.4 is 0 Å². The maximum atomic E-state index is 11.9. The quantitative estimate of drug-likeness (QED) is 0.758. The fourth-order valence-corrected chi connectivity index (χ4v) is 1.92. The van der Waals surface area contributed by atoms with Crippen LogP contribution in [0, 0.1) is 5.92 Å². The average Bonchev–Trinajstić information content (AvgIpc) is 2.30. The zero-order valence-electron chi connectivity index (χ0n) is 9.80. The number of imide groups is 1. The first-order chi connectivity index (χ1) is 8.16. The molecule has 1 unspecified atom stereocenters. The average molecular weight is 233 g/mol. The van der Waals surface area contributed by atoms with E-state index in [1.807, 2.05) is 6.92 Å². The Labute approximate surface area is 99.9 Å². The summed E-state index contributed by atoms with van der Waals surface area (Å²) in [6, 6.07) is 1.69. The number of rotatable bonds is 2. The monoisotopic (exact) mass is 233 g/mol. The van der Waals surface area contributed by atoms with Gasteiger partial charge in [-0.3, -0.25) is 14.5 Å². The second kappa shape index (κ2) is 5.03. The molecule has 2 heterocycles. The molecule has 2 rings (SSSR count). The number of likely N-dealkylation sites (tertiary alicyclic amines) is 1. The predicted octanol–water partition coefficient (Wildman–Crippen LogP) is 0.804. The van der Waals surface area contributed by atoms with Crippen LogP contribution in [0.15, 0.2) is 18.6 Å². The number of amides is 2. The van der Waals surface area contributed by atoms with Crippen molar-refractivity contribution < 1.29 is 9.59 Å². The third-order valence-corrected chi connectivity index (χ3v) is 2.95. The fraction of sp³-hybridized carbons (Fsp3) is 0.500.